The molecule has 0 fully saturated rings. The number of carboxylic acids is 1. The van der Waals surface area contributed by atoms with E-state index >= 15 is 0 Å². The van der Waals surface area contributed by atoms with Crippen molar-refractivity contribution >= 4 is 17.4 Å². The Kier molecular flexibility index (Phi) is 2.73. The Morgan fingerprint density at radius 1 is 1.47 bits per heavy atom. The number of carbonyl (C=O) groups is 2. The molecule has 0 aromatic carbocycles. The van der Waals surface area contributed by atoms with Crippen LogP contribution in [0.5, 0.6) is 0 Å². The molecular weight excluding hydrogens is 224 g/mol. The third-order valence-corrected chi connectivity index (χ3v) is 2.29. The van der Waals surface area contributed by atoms with Gasteiger partial charge in [-0.1, -0.05) is 0 Å². The van der Waals surface area contributed by atoms with Crippen molar-refractivity contribution in [1.82, 2.24) is 19.9 Å². The minimum Gasteiger partial charge on any atom is -0.480 e. The first-order valence-electron chi connectivity index (χ1n) is 4.90. The number of amides is 1. The molecule has 7 heteroatoms. The number of hydrogen-bond donors (Lipinski definition) is 2. The Morgan fingerprint density at radius 2 is 2.24 bits per heavy atom. The highest BCUT2D eigenvalue weighted by molar-refractivity contribution is 6.01. The number of rotatable bonds is 3. The fourth-order valence-corrected chi connectivity index (χ4v) is 1.35. The topological polar surface area (TPSA) is 96.6 Å². The Labute approximate surface area is 96.1 Å². The second kappa shape index (κ2) is 4.20. The number of nitrogens with zero attached hydrogens (tertiary/aromatic N) is 3. The van der Waals surface area contributed by atoms with Crippen molar-refractivity contribution in [1.29, 1.82) is 0 Å². The highest BCUT2D eigenvalue weighted by atomic mass is 16.4. The summed E-state index contributed by atoms with van der Waals surface area (Å²) in [7, 11) is 0. The normalized spacial score (nSPS) is 12.3. The maximum absolute atomic E-state index is 11.8. The van der Waals surface area contributed by atoms with Gasteiger partial charge in [0.25, 0.3) is 5.91 Å². The van der Waals surface area contributed by atoms with Gasteiger partial charge in [-0.15, -0.1) is 0 Å². The molecule has 88 valence electrons. The van der Waals surface area contributed by atoms with Crippen LogP contribution in [0, 0.1) is 0 Å². The zero-order valence-electron chi connectivity index (χ0n) is 8.99. The molecule has 2 rings (SSSR count). The van der Waals surface area contributed by atoms with Gasteiger partial charge >= 0.3 is 5.97 Å². The maximum Gasteiger partial charge on any atom is 0.325 e. The number of carboxylic acid groups (broad SMARTS) is 1. The Hall–Kier alpha value is -2.44. The van der Waals surface area contributed by atoms with Crippen molar-refractivity contribution in [3.05, 3.63) is 30.4 Å². The van der Waals surface area contributed by atoms with Crippen LogP contribution in [0.3, 0.4) is 0 Å². The van der Waals surface area contributed by atoms with Gasteiger partial charge in [0.2, 0.25) is 0 Å². The van der Waals surface area contributed by atoms with Gasteiger partial charge in [-0.3, -0.25) is 14.6 Å². The van der Waals surface area contributed by atoms with E-state index in [0.29, 0.717) is 11.1 Å². The molecule has 0 spiro atoms. The van der Waals surface area contributed by atoms with E-state index in [2.05, 4.69) is 15.4 Å². The zero-order valence-corrected chi connectivity index (χ0v) is 8.99. The molecule has 0 bridgehead atoms. The molecule has 0 radical (unpaired) electrons. The van der Waals surface area contributed by atoms with Crippen LogP contribution < -0.4 is 5.32 Å². The van der Waals surface area contributed by atoms with Crippen LogP contribution >= 0.6 is 0 Å². The van der Waals surface area contributed by atoms with Crippen LogP contribution in [0.15, 0.2) is 24.8 Å². The largest absolute Gasteiger partial charge is 0.480 e. The first-order valence-corrected chi connectivity index (χ1v) is 4.90. The lowest BCUT2D eigenvalue weighted by Crippen LogP contribution is -2.38. The van der Waals surface area contributed by atoms with Gasteiger partial charge in [0, 0.05) is 12.4 Å². The lowest BCUT2D eigenvalue weighted by atomic mass is 10.2. The summed E-state index contributed by atoms with van der Waals surface area (Å²) in [5, 5.41) is 15.0. The highest BCUT2D eigenvalue weighted by Crippen LogP contribution is 2.08. The molecule has 2 N–H and O–H groups in total. The van der Waals surface area contributed by atoms with Crippen molar-refractivity contribution in [3.63, 3.8) is 0 Å². The van der Waals surface area contributed by atoms with E-state index in [-0.39, 0.29) is 0 Å². The van der Waals surface area contributed by atoms with E-state index in [1.807, 2.05) is 0 Å². The predicted octanol–water partition coefficient (Wildman–Crippen LogP) is -0.0678. The van der Waals surface area contributed by atoms with Crippen LogP contribution in [0.25, 0.3) is 5.52 Å². The molecule has 1 amide bonds. The summed E-state index contributed by atoms with van der Waals surface area (Å²) in [6.07, 6.45) is 6.02. The summed E-state index contributed by atoms with van der Waals surface area (Å²) in [5.41, 5.74) is 0.828. The van der Waals surface area contributed by atoms with E-state index in [9.17, 15) is 9.59 Å². The molecule has 2 aromatic heterocycles. The monoisotopic (exact) mass is 234 g/mol. The smallest absolute Gasteiger partial charge is 0.325 e. The second-order valence-corrected chi connectivity index (χ2v) is 3.50. The van der Waals surface area contributed by atoms with Crippen LogP contribution in [0.4, 0.5) is 0 Å². The number of nitrogens with one attached hydrogen (secondary N) is 1. The Bertz CT molecular complexity index is 578. The van der Waals surface area contributed by atoms with Crippen molar-refractivity contribution in [2.75, 3.05) is 0 Å². The van der Waals surface area contributed by atoms with Crippen molar-refractivity contribution < 1.29 is 14.7 Å². The van der Waals surface area contributed by atoms with Gasteiger partial charge in [0.15, 0.2) is 0 Å². The molecule has 17 heavy (non-hydrogen) atoms. The molecule has 0 aliphatic carbocycles. The fourth-order valence-electron chi connectivity index (χ4n) is 1.35. The fraction of sp³-hybridized carbons (Fsp3) is 0.200. The van der Waals surface area contributed by atoms with Crippen LogP contribution in [0.2, 0.25) is 0 Å². The average Bonchev–Trinajstić information content (AvgIpc) is 2.72. The maximum atomic E-state index is 11.8. The summed E-state index contributed by atoms with van der Waals surface area (Å²) in [5.74, 6) is -1.57. The number of carbonyl (C=O) groups excluding carboxylic acids is 1. The molecular formula is C10H10N4O3. The van der Waals surface area contributed by atoms with Crippen LogP contribution in [-0.4, -0.2) is 37.6 Å². The first kappa shape index (κ1) is 11.1. The molecule has 0 aliphatic heterocycles. The molecule has 7 nitrogen and oxygen atoms in total. The lowest BCUT2D eigenvalue weighted by Gasteiger charge is -2.07. The van der Waals surface area contributed by atoms with Gasteiger partial charge < -0.3 is 10.4 Å². The lowest BCUT2D eigenvalue weighted by molar-refractivity contribution is -0.138. The molecule has 1 atom stereocenters. The van der Waals surface area contributed by atoms with Crippen LogP contribution in [-0.2, 0) is 4.79 Å². The molecule has 0 saturated carbocycles. The van der Waals surface area contributed by atoms with E-state index in [4.69, 9.17) is 5.11 Å². The Morgan fingerprint density at radius 3 is 2.94 bits per heavy atom. The quantitative estimate of drug-likeness (QED) is 0.775. The van der Waals surface area contributed by atoms with Gasteiger partial charge in [0.05, 0.1) is 23.5 Å². The Balaban J connectivity index is 2.28. The standard InChI is InChI=1S/C10H10N4O3/c1-6(10(16)17)13-9(15)7-4-12-14-3-2-11-5-8(7)14/h2-6H,1H3,(H,13,15)(H,16,17)/t6-/m1/s1. The van der Waals surface area contributed by atoms with Gasteiger partial charge in [-0.2, -0.15) is 5.10 Å². The number of fused-ring (bicyclic) bond motifs is 1. The van der Waals surface area contributed by atoms with Crippen molar-refractivity contribution in [3.8, 4) is 0 Å². The van der Waals surface area contributed by atoms with Crippen molar-refractivity contribution in [2.45, 2.75) is 13.0 Å². The molecule has 2 aromatic rings. The van der Waals surface area contributed by atoms with E-state index in [0.717, 1.165) is 0 Å². The molecule has 0 aliphatic rings. The van der Waals surface area contributed by atoms with E-state index in [1.54, 1.807) is 12.4 Å². The molecule has 0 unspecified atom stereocenters. The summed E-state index contributed by atoms with van der Waals surface area (Å²) in [6.45, 7) is 1.39. The summed E-state index contributed by atoms with van der Waals surface area (Å²) in [4.78, 5) is 26.3. The van der Waals surface area contributed by atoms with Gasteiger partial charge in [-0.05, 0) is 6.92 Å². The predicted molar refractivity (Wildman–Crippen MR) is 57.6 cm³/mol. The number of aliphatic carboxylic acids is 1. The average molecular weight is 234 g/mol. The number of hydrogen-bond acceptors (Lipinski definition) is 4. The third-order valence-electron chi connectivity index (χ3n) is 2.29. The molecule has 0 saturated heterocycles. The summed E-state index contributed by atoms with van der Waals surface area (Å²) < 4.78 is 1.49. The third kappa shape index (κ3) is 2.07. The highest BCUT2D eigenvalue weighted by Gasteiger charge is 2.18. The SMILES string of the molecule is C[C@@H](NC(=O)c1cnn2ccncc12)C(=O)O. The minimum absolute atomic E-state index is 0.297. The summed E-state index contributed by atoms with van der Waals surface area (Å²) in [6, 6.07) is -0.950. The molecule has 2 heterocycles. The van der Waals surface area contributed by atoms with Gasteiger partial charge in [0.1, 0.15) is 6.04 Å². The van der Waals surface area contributed by atoms with Gasteiger partial charge in [-0.25, -0.2) is 4.52 Å². The number of aromatic nitrogens is 3. The van der Waals surface area contributed by atoms with E-state index < -0.39 is 17.9 Å². The first-order chi connectivity index (χ1) is 8.09. The zero-order chi connectivity index (χ0) is 12.4. The van der Waals surface area contributed by atoms with Crippen molar-refractivity contribution in [2.24, 2.45) is 0 Å². The second-order valence-electron chi connectivity index (χ2n) is 3.50. The van der Waals surface area contributed by atoms with Crippen LogP contribution in [0.1, 0.15) is 17.3 Å². The summed E-state index contributed by atoms with van der Waals surface area (Å²) >= 11 is 0. The van der Waals surface area contributed by atoms with E-state index in [1.165, 1.54) is 23.8 Å². The minimum atomic E-state index is -1.09.